The van der Waals surface area contributed by atoms with Crippen molar-refractivity contribution in [3.8, 4) is 0 Å². The first-order valence-electron chi connectivity index (χ1n) is 5.23. The molecule has 0 atom stereocenters. The Bertz CT molecular complexity index is 212. The normalized spacial score (nSPS) is 17.7. The van der Waals surface area contributed by atoms with Crippen LogP contribution in [0.5, 0.6) is 0 Å². The Hall–Kier alpha value is -0.640. The van der Waals surface area contributed by atoms with Crippen LogP contribution in [-0.4, -0.2) is 17.4 Å². The molecule has 3 nitrogen and oxygen atoms in total. The smallest absolute Gasteiger partial charge is 0.220 e. The van der Waals surface area contributed by atoms with Crippen molar-refractivity contribution in [2.45, 2.75) is 38.5 Å². The van der Waals surface area contributed by atoms with E-state index in [-0.39, 0.29) is 5.91 Å². The molecule has 14 heavy (non-hydrogen) atoms. The van der Waals surface area contributed by atoms with Crippen molar-refractivity contribution >= 4 is 23.1 Å². The van der Waals surface area contributed by atoms with Gasteiger partial charge in [0.25, 0.3) is 0 Å². The first-order chi connectivity index (χ1) is 6.68. The summed E-state index contributed by atoms with van der Waals surface area (Å²) >= 11 is 4.68. The molecule has 0 aliphatic heterocycles. The van der Waals surface area contributed by atoms with Gasteiger partial charge in [0.1, 0.15) is 0 Å². The third-order valence-corrected chi connectivity index (χ3v) is 2.80. The van der Waals surface area contributed by atoms with Crippen molar-refractivity contribution in [3.63, 3.8) is 0 Å². The monoisotopic (exact) mass is 214 g/mol. The molecule has 4 heteroatoms. The van der Waals surface area contributed by atoms with Crippen LogP contribution in [0.1, 0.15) is 38.5 Å². The predicted molar refractivity (Wildman–Crippen MR) is 61.0 cm³/mol. The summed E-state index contributed by atoms with van der Waals surface area (Å²) in [5.41, 5.74) is 5.29. The lowest BCUT2D eigenvalue weighted by Gasteiger charge is -2.20. The van der Waals surface area contributed by atoms with E-state index in [1.165, 1.54) is 32.1 Å². The van der Waals surface area contributed by atoms with E-state index in [2.05, 4.69) is 17.5 Å². The first kappa shape index (κ1) is 11.4. The number of carbonyl (C=O) groups is 1. The van der Waals surface area contributed by atoms with Gasteiger partial charge >= 0.3 is 0 Å². The second-order valence-corrected chi connectivity index (χ2v) is 4.48. The van der Waals surface area contributed by atoms with Gasteiger partial charge in [0.05, 0.1) is 11.5 Å². The maximum Gasteiger partial charge on any atom is 0.220 e. The highest BCUT2D eigenvalue weighted by molar-refractivity contribution is 7.80. The van der Waals surface area contributed by atoms with Crippen LogP contribution < -0.4 is 11.1 Å². The molecular weight excluding hydrogens is 196 g/mol. The Labute approximate surface area is 90.4 Å². The number of nitrogens with two attached hydrogens (primary N) is 1. The van der Waals surface area contributed by atoms with Crippen LogP contribution in [0.2, 0.25) is 0 Å². The number of rotatable bonds is 4. The zero-order valence-corrected chi connectivity index (χ0v) is 9.24. The number of nitrogens with one attached hydrogen (secondary N) is 1. The topological polar surface area (TPSA) is 55.1 Å². The molecule has 1 amide bonds. The van der Waals surface area contributed by atoms with E-state index in [1.54, 1.807) is 0 Å². The standard InChI is InChI=1S/C10H18N2OS/c11-9(14)7-12-10(13)6-8-4-2-1-3-5-8/h8H,1-7H2,(H2,11,14)(H,12,13). The Morgan fingerprint density at radius 2 is 2.00 bits per heavy atom. The Morgan fingerprint density at radius 3 is 2.57 bits per heavy atom. The van der Waals surface area contributed by atoms with Gasteiger partial charge in [-0.2, -0.15) is 0 Å². The molecule has 1 fully saturated rings. The van der Waals surface area contributed by atoms with Crippen LogP contribution in [0.3, 0.4) is 0 Å². The number of thiocarbonyl (C=S) groups is 1. The maximum atomic E-state index is 11.4. The largest absolute Gasteiger partial charge is 0.392 e. The van der Waals surface area contributed by atoms with E-state index in [0.717, 1.165) is 0 Å². The number of amides is 1. The minimum absolute atomic E-state index is 0.0877. The third-order valence-electron chi connectivity index (χ3n) is 2.66. The van der Waals surface area contributed by atoms with Gasteiger partial charge in [-0.25, -0.2) is 0 Å². The molecule has 1 rings (SSSR count). The molecule has 1 aliphatic rings. The highest BCUT2D eigenvalue weighted by Gasteiger charge is 2.16. The van der Waals surface area contributed by atoms with Crippen molar-refractivity contribution in [2.75, 3.05) is 6.54 Å². The molecule has 0 aromatic rings. The van der Waals surface area contributed by atoms with Gasteiger partial charge in [0.15, 0.2) is 0 Å². The van der Waals surface area contributed by atoms with Gasteiger partial charge in [-0.3, -0.25) is 4.79 Å². The molecule has 0 heterocycles. The van der Waals surface area contributed by atoms with Gasteiger partial charge in [-0.1, -0.05) is 31.5 Å². The summed E-state index contributed by atoms with van der Waals surface area (Å²) in [5, 5.41) is 2.72. The van der Waals surface area contributed by atoms with Crippen LogP contribution in [0.4, 0.5) is 0 Å². The highest BCUT2D eigenvalue weighted by Crippen LogP contribution is 2.25. The van der Waals surface area contributed by atoms with E-state index < -0.39 is 0 Å². The molecule has 0 saturated heterocycles. The van der Waals surface area contributed by atoms with Crippen LogP contribution in [0.25, 0.3) is 0 Å². The van der Waals surface area contributed by atoms with Gasteiger partial charge in [0.2, 0.25) is 5.91 Å². The second kappa shape index (κ2) is 5.96. The number of hydrogen-bond donors (Lipinski definition) is 2. The van der Waals surface area contributed by atoms with Crippen LogP contribution in [-0.2, 0) is 4.79 Å². The molecule has 1 saturated carbocycles. The summed E-state index contributed by atoms with van der Waals surface area (Å²) in [6.45, 7) is 0.334. The molecule has 0 radical (unpaired) electrons. The predicted octanol–water partition coefficient (Wildman–Crippen LogP) is 1.36. The fourth-order valence-electron chi connectivity index (χ4n) is 1.91. The Kier molecular flexibility index (Phi) is 4.87. The van der Waals surface area contributed by atoms with E-state index in [1.807, 2.05) is 0 Å². The summed E-state index contributed by atoms with van der Waals surface area (Å²) < 4.78 is 0. The lowest BCUT2D eigenvalue weighted by atomic mass is 9.87. The lowest BCUT2D eigenvalue weighted by molar-refractivity contribution is -0.121. The molecule has 3 N–H and O–H groups in total. The highest BCUT2D eigenvalue weighted by atomic mass is 32.1. The maximum absolute atomic E-state index is 11.4. The van der Waals surface area contributed by atoms with Crippen molar-refractivity contribution in [2.24, 2.45) is 11.7 Å². The van der Waals surface area contributed by atoms with Crippen LogP contribution >= 0.6 is 12.2 Å². The molecular formula is C10H18N2OS. The van der Waals surface area contributed by atoms with Gasteiger partial charge in [0, 0.05) is 6.42 Å². The van der Waals surface area contributed by atoms with Crippen LogP contribution in [0.15, 0.2) is 0 Å². The minimum Gasteiger partial charge on any atom is -0.392 e. The summed E-state index contributed by atoms with van der Waals surface area (Å²) in [7, 11) is 0. The molecule has 1 aliphatic carbocycles. The number of carbonyl (C=O) groups excluding carboxylic acids is 1. The molecule has 0 unspecified atom stereocenters. The lowest BCUT2D eigenvalue weighted by Crippen LogP contribution is -2.33. The zero-order chi connectivity index (χ0) is 10.4. The van der Waals surface area contributed by atoms with Crippen molar-refractivity contribution in [1.29, 1.82) is 0 Å². The van der Waals surface area contributed by atoms with E-state index in [4.69, 9.17) is 5.73 Å². The van der Waals surface area contributed by atoms with Crippen molar-refractivity contribution in [3.05, 3.63) is 0 Å². The van der Waals surface area contributed by atoms with Gasteiger partial charge < -0.3 is 11.1 Å². The molecule has 0 aromatic heterocycles. The number of hydrogen-bond acceptors (Lipinski definition) is 2. The molecule has 0 aromatic carbocycles. The third kappa shape index (κ3) is 4.56. The summed E-state index contributed by atoms with van der Waals surface area (Å²) in [6, 6.07) is 0. The molecule has 0 spiro atoms. The summed E-state index contributed by atoms with van der Waals surface area (Å²) in [5.74, 6) is 0.666. The fourth-order valence-corrected chi connectivity index (χ4v) is 1.98. The minimum atomic E-state index is 0.0877. The summed E-state index contributed by atoms with van der Waals surface area (Å²) in [4.78, 5) is 11.7. The second-order valence-electron chi connectivity index (χ2n) is 3.95. The zero-order valence-electron chi connectivity index (χ0n) is 8.42. The quantitative estimate of drug-likeness (QED) is 0.695. The molecule has 80 valence electrons. The fraction of sp³-hybridized carbons (Fsp3) is 0.800. The molecule has 0 bridgehead atoms. The van der Waals surface area contributed by atoms with Crippen molar-refractivity contribution < 1.29 is 4.79 Å². The van der Waals surface area contributed by atoms with Crippen molar-refractivity contribution in [1.82, 2.24) is 5.32 Å². The van der Waals surface area contributed by atoms with E-state index in [9.17, 15) is 4.79 Å². The Balaban J connectivity index is 2.15. The SMILES string of the molecule is NC(=S)CNC(=O)CC1CCCCC1. The Morgan fingerprint density at radius 1 is 1.36 bits per heavy atom. The van der Waals surface area contributed by atoms with Gasteiger partial charge in [-0.05, 0) is 18.8 Å². The average molecular weight is 214 g/mol. The van der Waals surface area contributed by atoms with E-state index in [0.29, 0.717) is 23.9 Å². The van der Waals surface area contributed by atoms with Gasteiger partial charge in [-0.15, -0.1) is 0 Å². The first-order valence-corrected chi connectivity index (χ1v) is 5.64. The average Bonchev–Trinajstić information content (AvgIpc) is 2.16. The summed E-state index contributed by atoms with van der Waals surface area (Å²) in [6.07, 6.45) is 6.90. The van der Waals surface area contributed by atoms with E-state index >= 15 is 0 Å². The van der Waals surface area contributed by atoms with Crippen LogP contribution in [0, 0.1) is 5.92 Å².